The summed E-state index contributed by atoms with van der Waals surface area (Å²) in [5, 5.41) is 20.0. The maximum atomic E-state index is 12.0. The molecule has 0 radical (unpaired) electrons. The molecule has 0 heterocycles. The van der Waals surface area contributed by atoms with E-state index < -0.39 is 33.6 Å². The van der Waals surface area contributed by atoms with E-state index in [9.17, 15) is 28.4 Å². The Bertz CT molecular complexity index is 657. The number of rotatable bonds is 6. The normalized spacial score (nSPS) is 12.7. The van der Waals surface area contributed by atoms with E-state index >= 15 is 0 Å². The van der Waals surface area contributed by atoms with Crippen LogP contribution in [0.3, 0.4) is 0 Å². The summed E-state index contributed by atoms with van der Waals surface area (Å²) in [4.78, 5) is 20.6. The number of ether oxygens (including phenoxy) is 1. The molecule has 116 valence electrons. The number of aliphatic hydroxyl groups is 1. The molecule has 0 bridgehead atoms. The summed E-state index contributed by atoms with van der Waals surface area (Å²) in [7, 11) is -3.06. The predicted molar refractivity (Wildman–Crippen MR) is 71.0 cm³/mol. The molecule has 0 aliphatic rings. The van der Waals surface area contributed by atoms with Crippen molar-refractivity contribution in [1.29, 1.82) is 0 Å². The molecule has 0 aliphatic carbocycles. The van der Waals surface area contributed by atoms with Crippen LogP contribution in [0, 0.1) is 17.0 Å². The first-order valence-electron chi connectivity index (χ1n) is 5.69. The van der Waals surface area contributed by atoms with Crippen LogP contribution in [0.4, 0.5) is 5.69 Å². The molecule has 9 nitrogen and oxygen atoms in total. The van der Waals surface area contributed by atoms with Crippen LogP contribution in [0.5, 0.6) is 0 Å². The van der Waals surface area contributed by atoms with Gasteiger partial charge in [-0.3, -0.25) is 10.1 Å². The summed E-state index contributed by atoms with van der Waals surface area (Å²) in [6, 6.07) is 3.38. The Balaban J connectivity index is 3.00. The fraction of sp³-hybridized carbons (Fsp3) is 0.364. The SMILES string of the molecule is COC(=O)C(O)CNS(=O)(=O)c1cc([N+](=O)[O-])ccc1C. The Morgan fingerprint density at radius 1 is 1.52 bits per heavy atom. The van der Waals surface area contributed by atoms with Crippen molar-refractivity contribution in [3.05, 3.63) is 33.9 Å². The van der Waals surface area contributed by atoms with Gasteiger partial charge in [-0.1, -0.05) is 6.07 Å². The highest BCUT2D eigenvalue weighted by molar-refractivity contribution is 7.89. The Labute approximate surface area is 120 Å². The molecule has 0 aliphatic heterocycles. The second-order valence-corrected chi connectivity index (χ2v) is 5.83. The number of carbonyl (C=O) groups is 1. The minimum Gasteiger partial charge on any atom is -0.467 e. The highest BCUT2D eigenvalue weighted by atomic mass is 32.2. The highest BCUT2D eigenvalue weighted by Crippen LogP contribution is 2.21. The summed E-state index contributed by atoms with van der Waals surface area (Å²) in [6.07, 6.45) is -1.66. The quantitative estimate of drug-likeness (QED) is 0.418. The van der Waals surface area contributed by atoms with Gasteiger partial charge in [-0.2, -0.15) is 0 Å². The Kier molecular flexibility index (Phi) is 5.35. The number of methoxy groups -OCH3 is 1. The van der Waals surface area contributed by atoms with Gasteiger partial charge in [0, 0.05) is 18.7 Å². The van der Waals surface area contributed by atoms with Crippen molar-refractivity contribution in [2.75, 3.05) is 13.7 Å². The number of nitrogens with one attached hydrogen (secondary N) is 1. The number of nitro groups is 1. The second kappa shape index (κ2) is 6.61. The summed E-state index contributed by atoms with van der Waals surface area (Å²) in [5.74, 6) is -0.992. The lowest BCUT2D eigenvalue weighted by atomic mass is 10.2. The molecule has 10 heteroatoms. The maximum Gasteiger partial charge on any atom is 0.336 e. The van der Waals surface area contributed by atoms with Crippen molar-refractivity contribution in [2.45, 2.75) is 17.9 Å². The molecule has 0 spiro atoms. The van der Waals surface area contributed by atoms with Crippen LogP contribution in [0.2, 0.25) is 0 Å². The number of non-ortho nitro benzene ring substituents is 1. The first kappa shape index (κ1) is 17.0. The number of hydrogen-bond acceptors (Lipinski definition) is 7. The zero-order valence-corrected chi connectivity index (χ0v) is 12.1. The average Bonchev–Trinajstić information content (AvgIpc) is 2.43. The zero-order chi connectivity index (χ0) is 16.2. The van der Waals surface area contributed by atoms with Crippen LogP contribution in [0.15, 0.2) is 23.1 Å². The number of carbonyl (C=O) groups excluding carboxylic acids is 1. The third-order valence-electron chi connectivity index (χ3n) is 2.61. The van der Waals surface area contributed by atoms with E-state index in [0.29, 0.717) is 5.56 Å². The van der Waals surface area contributed by atoms with Crippen LogP contribution in [0.25, 0.3) is 0 Å². The summed E-state index contributed by atoms with van der Waals surface area (Å²) in [5.41, 5.74) is -0.0878. The lowest BCUT2D eigenvalue weighted by Gasteiger charge is -2.11. The van der Waals surface area contributed by atoms with Crippen molar-refractivity contribution in [3.8, 4) is 0 Å². The first-order valence-corrected chi connectivity index (χ1v) is 7.18. The first-order chi connectivity index (χ1) is 9.69. The molecule has 1 unspecified atom stereocenters. The van der Waals surface area contributed by atoms with Gasteiger partial charge in [0.25, 0.3) is 5.69 Å². The van der Waals surface area contributed by atoms with Gasteiger partial charge >= 0.3 is 5.97 Å². The standard InChI is InChI=1S/C11H14N2O7S/c1-7-3-4-8(13(16)17)5-10(7)21(18,19)12-6-9(14)11(15)20-2/h3-5,9,12,14H,6H2,1-2H3. The van der Waals surface area contributed by atoms with Crippen molar-refractivity contribution in [2.24, 2.45) is 0 Å². The van der Waals surface area contributed by atoms with E-state index in [1.165, 1.54) is 19.1 Å². The van der Waals surface area contributed by atoms with Gasteiger partial charge in [-0.05, 0) is 12.5 Å². The molecule has 0 saturated heterocycles. The third kappa shape index (κ3) is 4.21. The van der Waals surface area contributed by atoms with Gasteiger partial charge in [0.15, 0.2) is 6.10 Å². The fourth-order valence-electron chi connectivity index (χ4n) is 1.48. The summed E-state index contributed by atoms with van der Waals surface area (Å²) in [6.45, 7) is 0.867. The van der Waals surface area contributed by atoms with E-state index in [0.717, 1.165) is 13.2 Å². The number of esters is 1. The maximum absolute atomic E-state index is 12.0. The van der Waals surface area contributed by atoms with Crippen molar-refractivity contribution >= 4 is 21.7 Å². The fourth-order valence-corrected chi connectivity index (χ4v) is 2.78. The Hall–Kier alpha value is -2.04. The largest absolute Gasteiger partial charge is 0.467 e. The lowest BCUT2D eigenvalue weighted by molar-refractivity contribution is -0.385. The van der Waals surface area contributed by atoms with E-state index in [-0.39, 0.29) is 10.6 Å². The van der Waals surface area contributed by atoms with Crippen LogP contribution in [-0.4, -0.2) is 44.2 Å². The van der Waals surface area contributed by atoms with E-state index in [1.807, 2.05) is 4.72 Å². The van der Waals surface area contributed by atoms with E-state index in [1.54, 1.807) is 0 Å². The highest BCUT2D eigenvalue weighted by Gasteiger charge is 2.23. The molecule has 0 aromatic heterocycles. The van der Waals surface area contributed by atoms with Gasteiger partial charge in [-0.15, -0.1) is 0 Å². The molecular formula is C11H14N2O7S. The minimum atomic E-state index is -4.11. The number of sulfonamides is 1. The third-order valence-corrected chi connectivity index (χ3v) is 4.18. The van der Waals surface area contributed by atoms with Gasteiger partial charge in [-0.25, -0.2) is 17.9 Å². The predicted octanol–water partition coefficient (Wildman–Crippen LogP) is -0.285. The van der Waals surface area contributed by atoms with Gasteiger partial charge in [0.2, 0.25) is 10.0 Å². The van der Waals surface area contributed by atoms with Crippen molar-refractivity contribution < 1.29 is 28.0 Å². The zero-order valence-electron chi connectivity index (χ0n) is 11.3. The van der Waals surface area contributed by atoms with Crippen LogP contribution >= 0.6 is 0 Å². The van der Waals surface area contributed by atoms with Crippen molar-refractivity contribution in [1.82, 2.24) is 4.72 Å². The Morgan fingerprint density at radius 3 is 2.67 bits per heavy atom. The number of aliphatic hydroxyl groups excluding tert-OH is 1. The molecule has 1 atom stereocenters. The van der Waals surface area contributed by atoms with Crippen LogP contribution in [-0.2, 0) is 19.6 Å². The molecule has 1 aromatic carbocycles. The number of aryl methyl sites for hydroxylation is 1. The van der Waals surface area contributed by atoms with Gasteiger partial charge < -0.3 is 9.84 Å². The lowest BCUT2D eigenvalue weighted by Crippen LogP contribution is -2.37. The molecule has 1 rings (SSSR count). The molecule has 0 fully saturated rings. The molecule has 0 saturated carbocycles. The number of nitrogens with zero attached hydrogens (tertiary/aromatic N) is 1. The Morgan fingerprint density at radius 2 is 2.14 bits per heavy atom. The molecule has 1 aromatic rings. The molecule has 21 heavy (non-hydrogen) atoms. The number of benzene rings is 1. The number of nitro benzene ring substituents is 1. The van der Waals surface area contributed by atoms with Gasteiger partial charge in [0.05, 0.1) is 16.9 Å². The van der Waals surface area contributed by atoms with E-state index in [4.69, 9.17) is 0 Å². The minimum absolute atomic E-state index is 0.292. The molecule has 2 N–H and O–H groups in total. The second-order valence-electron chi connectivity index (χ2n) is 4.10. The summed E-state index contributed by atoms with van der Waals surface area (Å²) >= 11 is 0. The van der Waals surface area contributed by atoms with E-state index in [2.05, 4.69) is 4.74 Å². The topological polar surface area (TPSA) is 136 Å². The van der Waals surface area contributed by atoms with Crippen LogP contribution in [0.1, 0.15) is 5.56 Å². The van der Waals surface area contributed by atoms with Crippen molar-refractivity contribution in [3.63, 3.8) is 0 Å². The monoisotopic (exact) mass is 318 g/mol. The average molecular weight is 318 g/mol. The summed E-state index contributed by atoms with van der Waals surface area (Å²) < 4.78 is 30.3. The number of hydrogen-bond donors (Lipinski definition) is 2. The van der Waals surface area contributed by atoms with Crippen LogP contribution < -0.4 is 4.72 Å². The molecular weight excluding hydrogens is 304 g/mol. The smallest absolute Gasteiger partial charge is 0.336 e. The molecule has 0 amide bonds. The van der Waals surface area contributed by atoms with Gasteiger partial charge in [0.1, 0.15) is 0 Å².